The van der Waals surface area contributed by atoms with Gasteiger partial charge in [-0.05, 0) is 6.42 Å². The van der Waals surface area contributed by atoms with E-state index < -0.39 is 23.9 Å². The maximum Gasteiger partial charge on any atom is 0.246 e. The van der Waals surface area contributed by atoms with Crippen LogP contribution < -0.4 is 10.6 Å². The third-order valence-electron chi connectivity index (χ3n) is 5.19. The monoisotopic (exact) mass is 493 g/mol. The number of thiol groups is 2. The Morgan fingerprint density at radius 3 is 1.75 bits per heavy atom. The van der Waals surface area contributed by atoms with E-state index in [1.165, 1.54) is 43.4 Å². The van der Waals surface area contributed by atoms with E-state index in [0.29, 0.717) is 6.42 Å². The number of nitrogens with one attached hydrogen (secondary N) is 2. The molecular formula is C22H43N3O5S2. The number of hydrogen-bond acceptors (Lipinski definition) is 7. The first-order valence-corrected chi connectivity index (χ1v) is 13.0. The molecule has 0 bridgehead atoms. The van der Waals surface area contributed by atoms with Crippen molar-refractivity contribution in [1.29, 1.82) is 0 Å². The van der Waals surface area contributed by atoms with Gasteiger partial charge in [-0.2, -0.15) is 25.3 Å². The van der Waals surface area contributed by atoms with Gasteiger partial charge in [0.2, 0.25) is 17.7 Å². The molecule has 0 saturated heterocycles. The second-order valence-corrected chi connectivity index (χ2v) is 8.63. The largest absolute Gasteiger partial charge is 0.395 e. The molecule has 0 rings (SSSR count). The first-order chi connectivity index (χ1) is 15.4. The Morgan fingerprint density at radius 1 is 0.781 bits per heavy atom. The number of carbonyl (C=O) groups is 3. The lowest BCUT2D eigenvalue weighted by Crippen LogP contribution is -2.56. The van der Waals surface area contributed by atoms with Crippen molar-refractivity contribution in [3.05, 3.63) is 0 Å². The molecule has 8 nitrogen and oxygen atoms in total. The van der Waals surface area contributed by atoms with Crippen molar-refractivity contribution >= 4 is 43.0 Å². The molecule has 10 heteroatoms. The fourth-order valence-electron chi connectivity index (χ4n) is 3.31. The maximum absolute atomic E-state index is 12.6. The van der Waals surface area contributed by atoms with Crippen LogP contribution in [0.1, 0.15) is 71.1 Å². The molecule has 188 valence electrons. The second-order valence-electron chi connectivity index (χ2n) is 7.90. The summed E-state index contributed by atoms with van der Waals surface area (Å²) in [6.07, 6.45) is 10.8. The molecule has 0 saturated carbocycles. The van der Waals surface area contributed by atoms with Crippen molar-refractivity contribution < 1.29 is 24.6 Å². The van der Waals surface area contributed by atoms with Gasteiger partial charge < -0.3 is 25.7 Å². The summed E-state index contributed by atoms with van der Waals surface area (Å²) in [5.74, 6) is -1.03. The number of amides is 3. The lowest BCUT2D eigenvalue weighted by molar-refractivity contribution is -0.137. The Hall–Kier alpha value is -0.970. The first-order valence-electron chi connectivity index (χ1n) is 11.8. The quantitative estimate of drug-likeness (QED) is 0.114. The standard InChI is InChI=1S/C22H43N3O5S2/c1-2-3-4-5-6-7-8-9-10-11-20(28)23-18(16-31)21(29)24-19(17-32)22(30)25(12-14-26)13-15-27/h18-19,26-27,31-32H,2-17H2,1H3,(H,23,28)(H,24,29)/t18-,19-/m0/s1. The second kappa shape index (κ2) is 20.6. The van der Waals surface area contributed by atoms with Crippen LogP contribution in [0.25, 0.3) is 0 Å². The first kappa shape index (κ1) is 31.0. The van der Waals surface area contributed by atoms with Gasteiger partial charge in [0.25, 0.3) is 0 Å². The molecule has 4 N–H and O–H groups in total. The summed E-state index contributed by atoms with van der Waals surface area (Å²) < 4.78 is 0. The van der Waals surface area contributed by atoms with Gasteiger partial charge in [0.05, 0.1) is 13.2 Å². The fraction of sp³-hybridized carbons (Fsp3) is 0.864. The van der Waals surface area contributed by atoms with Gasteiger partial charge in [-0.25, -0.2) is 0 Å². The van der Waals surface area contributed by atoms with E-state index in [-0.39, 0.29) is 43.7 Å². The Bertz CT molecular complexity index is 520. The summed E-state index contributed by atoms with van der Waals surface area (Å²) in [6.45, 7) is 1.79. The van der Waals surface area contributed by atoms with Crippen LogP contribution >= 0.6 is 25.3 Å². The van der Waals surface area contributed by atoms with E-state index in [1.807, 2.05) is 0 Å². The smallest absolute Gasteiger partial charge is 0.246 e. The average Bonchev–Trinajstić information content (AvgIpc) is 2.79. The third kappa shape index (κ3) is 14.2. The van der Waals surface area contributed by atoms with Crippen molar-refractivity contribution in [3.8, 4) is 0 Å². The highest BCUT2D eigenvalue weighted by Crippen LogP contribution is 2.10. The van der Waals surface area contributed by atoms with Crippen molar-refractivity contribution in [2.75, 3.05) is 37.8 Å². The van der Waals surface area contributed by atoms with Gasteiger partial charge in [0.1, 0.15) is 12.1 Å². The van der Waals surface area contributed by atoms with Gasteiger partial charge in [-0.15, -0.1) is 0 Å². The highest BCUT2D eigenvalue weighted by Gasteiger charge is 2.27. The van der Waals surface area contributed by atoms with Crippen molar-refractivity contribution in [2.45, 2.75) is 83.2 Å². The molecule has 0 spiro atoms. The lowest BCUT2D eigenvalue weighted by atomic mass is 10.1. The van der Waals surface area contributed by atoms with Crippen molar-refractivity contribution in [2.24, 2.45) is 0 Å². The van der Waals surface area contributed by atoms with E-state index in [1.54, 1.807) is 0 Å². The third-order valence-corrected chi connectivity index (χ3v) is 5.92. The van der Waals surface area contributed by atoms with Crippen LogP contribution in [0.2, 0.25) is 0 Å². The minimum Gasteiger partial charge on any atom is -0.395 e. The Morgan fingerprint density at radius 2 is 1.28 bits per heavy atom. The molecule has 2 atom stereocenters. The minimum absolute atomic E-state index is 0.0453. The number of unbranched alkanes of at least 4 members (excludes halogenated alkanes) is 8. The zero-order valence-corrected chi connectivity index (χ0v) is 21.2. The van der Waals surface area contributed by atoms with E-state index in [4.69, 9.17) is 10.2 Å². The van der Waals surface area contributed by atoms with E-state index >= 15 is 0 Å². The van der Waals surface area contributed by atoms with Gasteiger partial charge in [-0.1, -0.05) is 58.3 Å². The molecule has 0 aliphatic rings. The van der Waals surface area contributed by atoms with Crippen molar-refractivity contribution in [3.63, 3.8) is 0 Å². The van der Waals surface area contributed by atoms with E-state index in [9.17, 15) is 14.4 Å². The highest BCUT2D eigenvalue weighted by atomic mass is 32.1. The highest BCUT2D eigenvalue weighted by molar-refractivity contribution is 7.80. The molecule has 0 aromatic heterocycles. The molecule has 0 radical (unpaired) electrons. The molecule has 3 amide bonds. The summed E-state index contributed by atoms with van der Waals surface area (Å²) in [5.41, 5.74) is 0. The number of aliphatic hydroxyl groups is 2. The maximum atomic E-state index is 12.6. The number of hydrogen-bond donors (Lipinski definition) is 6. The molecule has 0 fully saturated rings. The summed E-state index contributed by atoms with van der Waals surface area (Å²) in [5, 5.41) is 23.5. The van der Waals surface area contributed by atoms with Crippen LogP contribution in [-0.4, -0.2) is 82.7 Å². The van der Waals surface area contributed by atoms with Gasteiger partial charge >= 0.3 is 0 Å². The van der Waals surface area contributed by atoms with Gasteiger partial charge in [0, 0.05) is 31.0 Å². The van der Waals surface area contributed by atoms with E-state index in [0.717, 1.165) is 19.3 Å². The minimum atomic E-state index is -0.930. The molecule has 0 aromatic carbocycles. The van der Waals surface area contributed by atoms with E-state index in [2.05, 4.69) is 42.8 Å². The summed E-state index contributed by atoms with van der Waals surface area (Å²) in [7, 11) is 0. The lowest BCUT2D eigenvalue weighted by Gasteiger charge is -2.27. The number of nitrogens with zero attached hydrogens (tertiary/aromatic N) is 1. The van der Waals surface area contributed by atoms with Crippen LogP contribution in [0.3, 0.4) is 0 Å². The number of carbonyl (C=O) groups excluding carboxylic acids is 3. The van der Waals surface area contributed by atoms with Crippen LogP contribution in [0.5, 0.6) is 0 Å². The molecule has 0 unspecified atom stereocenters. The predicted molar refractivity (Wildman–Crippen MR) is 134 cm³/mol. The van der Waals surface area contributed by atoms with Gasteiger partial charge in [-0.3, -0.25) is 14.4 Å². The number of aliphatic hydroxyl groups excluding tert-OH is 2. The summed E-state index contributed by atoms with van der Waals surface area (Å²) in [6, 6.07) is -1.79. The predicted octanol–water partition coefficient (Wildman–Crippen LogP) is 1.55. The zero-order chi connectivity index (χ0) is 24.2. The molecule has 0 aliphatic carbocycles. The molecule has 0 aromatic rings. The topological polar surface area (TPSA) is 119 Å². The molecule has 0 heterocycles. The Kier molecular flexibility index (Phi) is 20.0. The Balaban J connectivity index is 4.38. The van der Waals surface area contributed by atoms with Crippen LogP contribution in [0.4, 0.5) is 0 Å². The molecular weight excluding hydrogens is 450 g/mol. The van der Waals surface area contributed by atoms with Crippen LogP contribution in [0.15, 0.2) is 0 Å². The molecule has 0 aliphatic heterocycles. The SMILES string of the molecule is CCCCCCCCCCCC(=O)N[C@@H](CS)C(=O)N[C@@H](CS)C(=O)N(CCO)CCO. The summed E-state index contributed by atoms with van der Waals surface area (Å²) in [4.78, 5) is 38.6. The van der Waals surface area contributed by atoms with Crippen molar-refractivity contribution in [1.82, 2.24) is 15.5 Å². The molecule has 32 heavy (non-hydrogen) atoms. The zero-order valence-electron chi connectivity index (χ0n) is 19.4. The van der Waals surface area contributed by atoms with Gasteiger partial charge in [0.15, 0.2) is 0 Å². The normalized spacial score (nSPS) is 12.8. The average molecular weight is 494 g/mol. The van der Waals surface area contributed by atoms with Crippen LogP contribution in [0, 0.1) is 0 Å². The van der Waals surface area contributed by atoms with Crippen LogP contribution in [-0.2, 0) is 14.4 Å². The number of rotatable bonds is 20. The Labute approximate surface area is 204 Å². The fourth-order valence-corrected chi connectivity index (χ4v) is 3.81. The summed E-state index contributed by atoms with van der Waals surface area (Å²) >= 11 is 8.29.